The van der Waals surface area contributed by atoms with Gasteiger partial charge in [-0.05, 0) is 24.3 Å². The average molecular weight is 339 g/mol. The number of amides is 1. The number of carbonyl (C=O) groups excluding carboxylic acids is 1. The minimum atomic E-state index is 0.193. The zero-order valence-corrected chi connectivity index (χ0v) is 14.4. The van der Waals surface area contributed by atoms with Crippen molar-refractivity contribution in [3.8, 4) is 0 Å². The minimum absolute atomic E-state index is 0.193. The third-order valence-corrected chi connectivity index (χ3v) is 4.51. The second kappa shape index (κ2) is 8.58. The Hall–Kier alpha value is -2.47. The maximum atomic E-state index is 12.5. The van der Waals surface area contributed by atoms with Crippen LogP contribution in [0, 0.1) is 5.92 Å². The Bertz CT molecular complexity index is 710. The maximum Gasteiger partial charge on any atom is 0.226 e. The fourth-order valence-corrected chi connectivity index (χ4v) is 3.22. The van der Waals surface area contributed by atoms with E-state index in [1.165, 1.54) is 0 Å². The molecule has 1 aromatic carbocycles. The fourth-order valence-electron chi connectivity index (χ4n) is 3.22. The molecule has 132 valence electrons. The highest BCUT2D eigenvalue weighted by atomic mass is 16.2. The summed E-state index contributed by atoms with van der Waals surface area (Å²) in [6.07, 6.45) is 8.44. The van der Waals surface area contributed by atoms with Crippen molar-refractivity contribution in [1.29, 1.82) is 0 Å². The SMILES string of the molecule is NCc1cn(CC2CCCN(C(=O)C/C=C/c3ccccc3)C2)nn1. The van der Waals surface area contributed by atoms with Crippen LogP contribution in [0.4, 0.5) is 0 Å². The molecule has 1 unspecified atom stereocenters. The number of aromatic nitrogens is 3. The highest BCUT2D eigenvalue weighted by Crippen LogP contribution is 2.19. The molecule has 2 heterocycles. The summed E-state index contributed by atoms with van der Waals surface area (Å²) in [6, 6.07) is 10.0. The molecule has 1 atom stereocenters. The quantitative estimate of drug-likeness (QED) is 0.874. The molecule has 1 fully saturated rings. The van der Waals surface area contributed by atoms with Gasteiger partial charge in [0.05, 0.1) is 5.69 Å². The molecule has 2 N–H and O–H groups in total. The Kier molecular flexibility index (Phi) is 5.95. The number of piperidine rings is 1. The first kappa shape index (κ1) is 17.4. The molecule has 1 aliphatic heterocycles. The summed E-state index contributed by atoms with van der Waals surface area (Å²) >= 11 is 0. The van der Waals surface area contributed by atoms with Crippen LogP contribution in [0.25, 0.3) is 6.08 Å². The Balaban J connectivity index is 1.50. The van der Waals surface area contributed by atoms with E-state index in [0.29, 0.717) is 18.9 Å². The predicted octanol–water partition coefficient (Wildman–Crippen LogP) is 2.08. The van der Waals surface area contributed by atoms with Gasteiger partial charge in [-0.15, -0.1) is 5.10 Å². The monoisotopic (exact) mass is 339 g/mol. The molecule has 0 spiro atoms. The van der Waals surface area contributed by atoms with Gasteiger partial charge in [0.2, 0.25) is 5.91 Å². The summed E-state index contributed by atoms with van der Waals surface area (Å²) in [5.74, 6) is 0.612. The van der Waals surface area contributed by atoms with Gasteiger partial charge in [0.25, 0.3) is 0 Å². The highest BCUT2D eigenvalue weighted by molar-refractivity contribution is 5.78. The van der Waals surface area contributed by atoms with E-state index in [1.54, 1.807) is 0 Å². The number of nitrogens with zero attached hydrogens (tertiary/aromatic N) is 4. The normalized spacial score (nSPS) is 18.0. The van der Waals surface area contributed by atoms with Crippen LogP contribution in [0.2, 0.25) is 0 Å². The van der Waals surface area contributed by atoms with E-state index in [1.807, 2.05) is 58.3 Å². The molecule has 1 amide bonds. The van der Waals surface area contributed by atoms with Gasteiger partial charge < -0.3 is 10.6 Å². The predicted molar refractivity (Wildman–Crippen MR) is 97.3 cm³/mol. The van der Waals surface area contributed by atoms with Gasteiger partial charge in [0.15, 0.2) is 0 Å². The molecule has 1 saturated heterocycles. The van der Waals surface area contributed by atoms with Crippen molar-refractivity contribution in [3.05, 3.63) is 53.9 Å². The Morgan fingerprint density at radius 3 is 2.92 bits per heavy atom. The molecule has 6 heteroatoms. The first-order chi connectivity index (χ1) is 12.2. The smallest absolute Gasteiger partial charge is 0.226 e. The number of nitrogens with two attached hydrogens (primary N) is 1. The zero-order valence-electron chi connectivity index (χ0n) is 14.4. The van der Waals surface area contributed by atoms with E-state index in [0.717, 1.165) is 43.7 Å². The zero-order chi connectivity index (χ0) is 17.5. The van der Waals surface area contributed by atoms with Crippen molar-refractivity contribution in [2.75, 3.05) is 13.1 Å². The topological polar surface area (TPSA) is 77.0 Å². The van der Waals surface area contributed by atoms with Crippen LogP contribution in [0.1, 0.15) is 30.5 Å². The lowest BCUT2D eigenvalue weighted by molar-refractivity contribution is -0.132. The van der Waals surface area contributed by atoms with E-state index in [-0.39, 0.29) is 5.91 Å². The fraction of sp³-hybridized carbons (Fsp3) is 0.421. The number of hydrogen-bond donors (Lipinski definition) is 1. The Morgan fingerprint density at radius 1 is 1.32 bits per heavy atom. The van der Waals surface area contributed by atoms with Crippen LogP contribution in [0.5, 0.6) is 0 Å². The molecule has 3 rings (SSSR count). The van der Waals surface area contributed by atoms with E-state index in [9.17, 15) is 4.79 Å². The van der Waals surface area contributed by atoms with Gasteiger partial charge in [-0.1, -0.05) is 47.7 Å². The summed E-state index contributed by atoms with van der Waals surface area (Å²) in [7, 11) is 0. The van der Waals surface area contributed by atoms with E-state index in [4.69, 9.17) is 5.73 Å². The van der Waals surface area contributed by atoms with Crippen molar-refractivity contribution in [3.63, 3.8) is 0 Å². The number of benzene rings is 1. The van der Waals surface area contributed by atoms with Crippen LogP contribution in [0.15, 0.2) is 42.6 Å². The van der Waals surface area contributed by atoms with Crippen molar-refractivity contribution in [2.45, 2.75) is 32.4 Å². The van der Waals surface area contributed by atoms with Crippen molar-refractivity contribution in [2.24, 2.45) is 11.7 Å². The maximum absolute atomic E-state index is 12.5. The van der Waals surface area contributed by atoms with Gasteiger partial charge in [-0.2, -0.15) is 0 Å². The van der Waals surface area contributed by atoms with Crippen LogP contribution in [0.3, 0.4) is 0 Å². The first-order valence-corrected chi connectivity index (χ1v) is 8.83. The Morgan fingerprint density at radius 2 is 2.16 bits per heavy atom. The molecule has 0 radical (unpaired) electrons. The van der Waals surface area contributed by atoms with Crippen molar-refractivity contribution >= 4 is 12.0 Å². The van der Waals surface area contributed by atoms with Crippen molar-refractivity contribution < 1.29 is 4.79 Å². The summed E-state index contributed by atoms with van der Waals surface area (Å²) in [6.45, 7) is 2.83. The van der Waals surface area contributed by atoms with E-state index >= 15 is 0 Å². The van der Waals surface area contributed by atoms with Gasteiger partial charge in [0, 0.05) is 38.8 Å². The number of likely N-dealkylation sites (tertiary alicyclic amines) is 1. The molecule has 0 bridgehead atoms. The number of rotatable bonds is 6. The third-order valence-electron chi connectivity index (χ3n) is 4.51. The van der Waals surface area contributed by atoms with Crippen LogP contribution >= 0.6 is 0 Å². The summed E-state index contributed by atoms with van der Waals surface area (Å²) in [5, 5.41) is 8.13. The lowest BCUT2D eigenvalue weighted by Crippen LogP contribution is -2.40. The van der Waals surface area contributed by atoms with Crippen LogP contribution in [-0.4, -0.2) is 38.9 Å². The summed E-state index contributed by atoms with van der Waals surface area (Å²) in [4.78, 5) is 14.4. The molecular weight excluding hydrogens is 314 g/mol. The molecular formula is C19H25N5O. The molecule has 1 aliphatic rings. The molecule has 0 aliphatic carbocycles. The second-order valence-corrected chi connectivity index (χ2v) is 6.50. The van der Waals surface area contributed by atoms with Crippen molar-refractivity contribution in [1.82, 2.24) is 19.9 Å². The first-order valence-electron chi connectivity index (χ1n) is 8.83. The molecule has 1 aromatic heterocycles. The molecule has 2 aromatic rings. The summed E-state index contributed by atoms with van der Waals surface area (Å²) in [5.41, 5.74) is 7.49. The molecule has 0 saturated carbocycles. The summed E-state index contributed by atoms with van der Waals surface area (Å²) < 4.78 is 1.84. The Labute approximate surface area is 148 Å². The lowest BCUT2D eigenvalue weighted by Gasteiger charge is -2.32. The van der Waals surface area contributed by atoms with E-state index in [2.05, 4.69) is 10.3 Å². The second-order valence-electron chi connectivity index (χ2n) is 6.50. The minimum Gasteiger partial charge on any atom is -0.342 e. The molecule has 25 heavy (non-hydrogen) atoms. The van der Waals surface area contributed by atoms with E-state index < -0.39 is 0 Å². The number of carbonyl (C=O) groups is 1. The van der Waals surface area contributed by atoms with Gasteiger partial charge >= 0.3 is 0 Å². The van der Waals surface area contributed by atoms with Gasteiger partial charge in [-0.25, -0.2) is 0 Å². The third kappa shape index (κ3) is 5.00. The van der Waals surface area contributed by atoms with Gasteiger partial charge in [-0.3, -0.25) is 9.48 Å². The standard InChI is InChI=1S/C19H25N5O/c20-12-18-15-24(22-21-18)14-17-9-5-11-23(13-17)19(25)10-4-8-16-6-2-1-3-7-16/h1-4,6-8,15,17H,5,9-14,20H2/b8-4+. The number of hydrogen-bond acceptors (Lipinski definition) is 4. The largest absolute Gasteiger partial charge is 0.342 e. The lowest BCUT2D eigenvalue weighted by atomic mass is 9.97. The van der Waals surface area contributed by atoms with Gasteiger partial charge in [0.1, 0.15) is 0 Å². The van der Waals surface area contributed by atoms with Crippen LogP contribution < -0.4 is 5.73 Å². The average Bonchev–Trinajstić information content (AvgIpc) is 3.10. The highest BCUT2D eigenvalue weighted by Gasteiger charge is 2.23. The van der Waals surface area contributed by atoms with Crippen LogP contribution in [-0.2, 0) is 17.9 Å². The molecule has 6 nitrogen and oxygen atoms in total.